The molecule has 17 heteroatoms. The number of imidazole rings is 2. The number of hydrogen-bond acceptors (Lipinski definition) is 14. The van der Waals surface area contributed by atoms with Crippen molar-refractivity contribution < 1.29 is 28.8 Å². The molecule has 74 heavy (non-hydrogen) atoms. The zero-order valence-electron chi connectivity index (χ0n) is 40.8. The van der Waals surface area contributed by atoms with Gasteiger partial charge in [-0.25, -0.2) is 15.0 Å². The first kappa shape index (κ1) is 48.0. The molecule has 17 nitrogen and oxygen atoms in total. The fourth-order valence-electron chi connectivity index (χ4n) is 10.0. The smallest absolute Gasteiger partial charge is 0.248 e. The maximum atomic E-state index is 11.8. The number of carbonyl (C=O) groups excluding carboxylic acids is 1. The molecule has 4 saturated heterocycles. The maximum absolute atomic E-state index is 11.8. The zero-order valence-corrected chi connectivity index (χ0v) is 40.8. The van der Waals surface area contributed by atoms with E-state index in [4.69, 9.17) is 34.0 Å². The minimum atomic E-state index is -0.514. The van der Waals surface area contributed by atoms with Gasteiger partial charge in [-0.1, -0.05) is 24.3 Å². The van der Waals surface area contributed by atoms with Crippen LogP contribution < -0.4 is 24.6 Å². The lowest BCUT2D eigenvalue weighted by Gasteiger charge is -2.28. The first-order chi connectivity index (χ1) is 36.4. The highest BCUT2D eigenvalue weighted by molar-refractivity contribution is 5.94. The molecule has 4 aliphatic rings. The Morgan fingerprint density at radius 2 is 1.27 bits per heavy atom. The molecule has 374 valence electrons. The van der Waals surface area contributed by atoms with Crippen LogP contribution in [0.5, 0.6) is 11.5 Å². The number of nitrogens with zero attached hydrogens (tertiary/aromatic N) is 8. The van der Waals surface area contributed by atoms with Crippen molar-refractivity contribution in [3.8, 4) is 68.7 Å². The van der Waals surface area contributed by atoms with Crippen LogP contribution >= 0.6 is 0 Å². The van der Waals surface area contributed by atoms with Crippen molar-refractivity contribution in [2.45, 2.75) is 25.0 Å². The number of nitrogens with one attached hydrogen (secondary N) is 3. The van der Waals surface area contributed by atoms with Crippen molar-refractivity contribution >= 4 is 39.5 Å². The number of para-hydroxylation sites is 1. The Morgan fingerprint density at radius 1 is 0.676 bits per heavy atom. The monoisotopic (exact) mass is 989 g/mol. The van der Waals surface area contributed by atoms with Crippen molar-refractivity contribution in [1.29, 1.82) is 10.5 Å². The van der Waals surface area contributed by atoms with E-state index in [1.807, 2.05) is 48.5 Å². The van der Waals surface area contributed by atoms with Crippen LogP contribution in [0.25, 0.3) is 67.2 Å². The molecule has 0 aliphatic carbocycles. The van der Waals surface area contributed by atoms with E-state index in [-0.39, 0.29) is 18.1 Å². The van der Waals surface area contributed by atoms with Gasteiger partial charge in [-0.3, -0.25) is 4.79 Å². The number of aromatic amines is 2. The molecular formula is C57H55N11O6. The summed E-state index contributed by atoms with van der Waals surface area (Å²) < 4.78 is 23.1. The summed E-state index contributed by atoms with van der Waals surface area (Å²) in [6, 6.07) is 40.7. The number of likely N-dealkylation sites (tertiary alicyclic amines) is 1. The van der Waals surface area contributed by atoms with Crippen LogP contribution in [-0.2, 0) is 14.3 Å². The van der Waals surface area contributed by atoms with Gasteiger partial charge in [0.15, 0.2) is 5.65 Å². The number of aliphatic hydroxyl groups is 1. The number of morpholine rings is 2. The summed E-state index contributed by atoms with van der Waals surface area (Å²) in [6.07, 6.45) is 3.20. The third-order valence-electron chi connectivity index (χ3n) is 14.0. The number of nitriles is 2. The normalized spacial score (nSPS) is 17.7. The van der Waals surface area contributed by atoms with Crippen LogP contribution in [0.3, 0.4) is 0 Å². The van der Waals surface area contributed by atoms with Gasteiger partial charge in [0, 0.05) is 85.5 Å². The number of carbonyl (C=O) groups is 1. The van der Waals surface area contributed by atoms with Crippen molar-refractivity contribution in [2.75, 3.05) is 95.2 Å². The first-order valence-corrected chi connectivity index (χ1v) is 25.1. The molecule has 1 amide bonds. The van der Waals surface area contributed by atoms with Crippen LogP contribution in [0.1, 0.15) is 24.0 Å². The SMILES string of the molecule is N#Cc1cc(-c2cccc3[nH]c(-c4ccc(N5CCOCC5)cc4)nc23)ccc1O[C@@H]1CCNC1.N#Cc1cc(-c2ccnc3nc(-c4ccc(N5CCOCC5)cc4)[nH]c23)ccc1O[C@@H]1CCN(C(=O)CO)C1. The summed E-state index contributed by atoms with van der Waals surface area (Å²) in [7, 11) is 0. The summed E-state index contributed by atoms with van der Waals surface area (Å²) in [4.78, 5) is 39.0. The molecule has 0 saturated carbocycles. The Morgan fingerprint density at radius 3 is 1.86 bits per heavy atom. The van der Waals surface area contributed by atoms with Gasteiger partial charge in [0.25, 0.3) is 0 Å². The van der Waals surface area contributed by atoms with Crippen LogP contribution in [0.15, 0.2) is 115 Å². The highest BCUT2D eigenvalue weighted by atomic mass is 16.5. The number of pyridine rings is 1. The van der Waals surface area contributed by atoms with Crippen LogP contribution in [0.2, 0.25) is 0 Å². The fourth-order valence-corrected chi connectivity index (χ4v) is 10.0. The first-order valence-electron chi connectivity index (χ1n) is 25.1. The minimum absolute atomic E-state index is 0.111. The highest BCUT2D eigenvalue weighted by Crippen LogP contribution is 2.35. The van der Waals surface area contributed by atoms with E-state index in [1.54, 1.807) is 23.2 Å². The number of fused-ring (bicyclic) bond motifs is 2. The van der Waals surface area contributed by atoms with E-state index in [2.05, 4.69) is 90.7 Å². The molecular weight excluding hydrogens is 935 g/mol. The number of hydrogen-bond donors (Lipinski definition) is 4. The van der Waals surface area contributed by atoms with E-state index in [0.29, 0.717) is 47.8 Å². The molecule has 4 N–H and O–H groups in total. The number of amides is 1. The number of rotatable bonds is 11. The van der Waals surface area contributed by atoms with Crippen molar-refractivity contribution in [1.82, 2.24) is 35.1 Å². The molecule has 4 aliphatic heterocycles. The summed E-state index contributed by atoms with van der Waals surface area (Å²) >= 11 is 0. The Bertz CT molecular complexity index is 3360. The average Bonchev–Trinajstić information content (AvgIpc) is 4.32. The van der Waals surface area contributed by atoms with Crippen molar-refractivity contribution in [2.24, 2.45) is 0 Å². The van der Waals surface area contributed by atoms with Gasteiger partial charge in [0.05, 0.1) is 60.6 Å². The Hall–Kier alpha value is -8.32. The Balaban J connectivity index is 0.000000160. The zero-order chi connectivity index (χ0) is 50.4. The molecule has 12 rings (SSSR count). The molecule has 4 fully saturated rings. The van der Waals surface area contributed by atoms with Crippen LogP contribution in [0, 0.1) is 22.7 Å². The molecule has 0 spiro atoms. The number of aromatic nitrogens is 5. The Labute approximate surface area is 427 Å². The highest BCUT2D eigenvalue weighted by Gasteiger charge is 2.28. The third kappa shape index (κ3) is 10.3. The Kier molecular flexibility index (Phi) is 14.1. The molecule has 0 radical (unpaired) electrons. The van der Waals surface area contributed by atoms with Gasteiger partial charge in [-0.05, 0) is 109 Å². The molecule has 2 atom stereocenters. The molecule has 5 aromatic carbocycles. The van der Waals surface area contributed by atoms with Crippen LogP contribution in [0.4, 0.5) is 11.4 Å². The summed E-state index contributed by atoms with van der Waals surface area (Å²) in [5.41, 5.74) is 12.2. The van der Waals surface area contributed by atoms with Crippen LogP contribution in [-0.4, -0.2) is 138 Å². The molecule has 8 aromatic rings. The largest absolute Gasteiger partial charge is 0.488 e. The average molecular weight is 990 g/mol. The van der Waals surface area contributed by atoms with Crippen molar-refractivity contribution in [3.05, 3.63) is 127 Å². The summed E-state index contributed by atoms with van der Waals surface area (Å²) in [6.45, 7) is 8.79. The quantitative estimate of drug-likeness (QED) is 0.100. The number of H-pyrrole nitrogens is 2. The van der Waals surface area contributed by atoms with E-state index in [0.717, 1.165) is 139 Å². The second-order valence-electron chi connectivity index (χ2n) is 18.6. The lowest BCUT2D eigenvalue weighted by Crippen LogP contribution is -2.36. The van der Waals surface area contributed by atoms with E-state index < -0.39 is 6.61 Å². The van der Waals surface area contributed by atoms with Crippen molar-refractivity contribution in [3.63, 3.8) is 0 Å². The van der Waals surface area contributed by atoms with E-state index in [9.17, 15) is 15.3 Å². The summed E-state index contributed by atoms with van der Waals surface area (Å²) in [5.74, 6) is 2.35. The predicted molar refractivity (Wildman–Crippen MR) is 282 cm³/mol. The second kappa shape index (κ2) is 21.8. The maximum Gasteiger partial charge on any atom is 0.248 e. The van der Waals surface area contributed by atoms with Gasteiger partial charge in [0.2, 0.25) is 5.91 Å². The standard InChI is InChI=1S/C29H28N6O4.C28H27N5O2/c30-16-21-15-20(3-6-25(21)39-23-8-10-35(17-23)26(37)18-36)24-7-9-31-29-27(24)32-28(33-29)19-1-4-22(5-2-19)34-11-13-38-14-12-34;29-17-21-16-20(6-9-26(21)35-23-10-11-30-18-23)24-2-1-3-25-27(24)32-28(31-25)19-4-7-22(8-5-19)33-12-14-34-15-13-33/h1-7,9,15,23,36H,8,10-14,17-18H2,(H,31,32,33);1-9,16,23,30H,10-15,18H2,(H,31,32)/t2*23-/m11/s1. The third-order valence-corrected chi connectivity index (χ3v) is 14.0. The number of anilines is 2. The number of aliphatic hydroxyl groups excluding tert-OH is 1. The van der Waals surface area contributed by atoms with Gasteiger partial charge < -0.3 is 54.0 Å². The number of ether oxygens (including phenoxy) is 4. The fraction of sp³-hybridized carbons (Fsp3) is 0.298. The minimum Gasteiger partial charge on any atom is -0.488 e. The molecule has 3 aromatic heterocycles. The van der Waals surface area contributed by atoms with E-state index >= 15 is 0 Å². The predicted octanol–water partition coefficient (Wildman–Crippen LogP) is 7.32. The van der Waals surface area contributed by atoms with Gasteiger partial charge in [-0.15, -0.1) is 0 Å². The molecule has 0 unspecified atom stereocenters. The molecule has 7 heterocycles. The van der Waals surface area contributed by atoms with Gasteiger partial charge in [0.1, 0.15) is 54.1 Å². The van der Waals surface area contributed by atoms with Gasteiger partial charge in [-0.2, -0.15) is 10.5 Å². The lowest BCUT2D eigenvalue weighted by atomic mass is 10.0. The number of benzene rings is 5. The topological polar surface area (TPSA) is 214 Å². The van der Waals surface area contributed by atoms with Gasteiger partial charge >= 0.3 is 0 Å². The summed E-state index contributed by atoms with van der Waals surface area (Å²) in [5, 5.41) is 32.0. The lowest BCUT2D eigenvalue weighted by molar-refractivity contribution is -0.133. The molecule has 0 bridgehead atoms. The van der Waals surface area contributed by atoms with E-state index in [1.165, 1.54) is 5.69 Å². The second-order valence-corrected chi connectivity index (χ2v) is 18.6.